The Labute approximate surface area is 125 Å². The van der Waals surface area contributed by atoms with Gasteiger partial charge < -0.3 is 15.1 Å². The highest BCUT2D eigenvalue weighted by atomic mass is 19.2. The molecule has 0 radical (unpaired) electrons. The van der Waals surface area contributed by atoms with Crippen LogP contribution in [0.15, 0.2) is 34.7 Å². The predicted molar refractivity (Wildman–Crippen MR) is 74.1 cm³/mol. The maximum atomic E-state index is 13.3. The number of amides is 2. The molecular formula is C15H14F2N2O3. The number of furan rings is 1. The molecule has 0 aliphatic heterocycles. The Morgan fingerprint density at radius 2 is 1.86 bits per heavy atom. The monoisotopic (exact) mass is 308 g/mol. The van der Waals surface area contributed by atoms with Crippen LogP contribution in [0, 0.1) is 18.6 Å². The van der Waals surface area contributed by atoms with Gasteiger partial charge in [-0.15, -0.1) is 0 Å². The van der Waals surface area contributed by atoms with Crippen molar-refractivity contribution in [3.8, 4) is 0 Å². The molecule has 2 aromatic rings. The van der Waals surface area contributed by atoms with Gasteiger partial charge in [0, 0.05) is 7.05 Å². The maximum absolute atomic E-state index is 13.3. The van der Waals surface area contributed by atoms with Crippen LogP contribution in [0.1, 0.15) is 27.9 Å². The third-order valence-corrected chi connectivity index (χ3v) is 3.03. The molecule has 0 aliphatic carbocycles. The molecule has 1 aromatic carbocycles. The fraction of sp³-hybridized carbons (Fsp3) is 0.200. The molecule has 22 heavy (non-hydrogen) atoms. The molecule has 1 atom stereocenters. The predicted octanol–water partition coefficient (Wildman–Crippen LogP) is 2.08. The van der Waals surface area contributed by atoms with E-state index in [1.807, 2.05) is 0 Å². The molecule has 0 saturated carbocycles. The van der Waals surface area contributed by atoms with Crippen molar-refractivity contribution < 1.29 is 22.8 Å². The highest BCUT2D eigenvalue weighted by molar-refractivity contribution is 5.95. The minimum absolute atomic E-state index is 0.0222. The summed E-state index contributed by atoms with van der Waals surface area (Å²) in [5, 5.41) is 4.79. The Bertz CT molecular complexity index is 713. The van der Waals surface area contributed by atoms with E-state index in [1.165, 1.54) is 19.2 Å². The molecule has 2 amide bonds. The van der Waals surface area contributed by atoms with Crippen LogP contribution in [0.25, 0.3) is 0 Å². The Morgan fingerprint density at radius 1 is 1.14 bits per heavy atom. The summed E-state index contributed by atoms with van der Waals surface area (Å²) in [5.41, 5.74) is 0.120. The second-order valence-electron chi connectivity index (χ2n) is 4.60. The number of rotatable bonds is 4. The van der Waals surface area contributed by atoms with Gasteiger partial charge in [0.1, 0.15) is 11.8 Å². The van der Waals surface area contributed by atoms with Crippen molar-refractivity contribution in [2.75, 3.05) is 7.05 Å². The van der Waals surface area contributed by atoms with Crippen LogP contribution in [0.2, 0.25) is 0 Å². The summed E-state index contributed by atoms with van der Waals surface area (Å²) in [6.07, 6.45) is 0. The first-order chi connectivity index (χ1) is 10.4. The van der Waals surface area contributed by atoms with E-state index in [4.69, 9.17) is 4.42 Å². The fourth-order valence-electron chi connectivity index (χ4n) is 1.90. The van der Waals surface area contributed by atoms with Crippen LogP contribution >= 0.6 is 0 Å². The van der Waals surface area contributed by atoms with Crippen LogP contribution in [0.5, 0.6) is 0 Å². The zero-order valence-corrected chi connectivity index (χ0v) is 11.9. The zero-order chi connectivity index (χ0) is 16.3. The van der Waals surface area contributed by atoms with Crippen molar-refractivity contribution in [3.05, 3.63) is 59.1 Å². The first-order valence-corrected chi connectivity index (χ1v) is 6.46. The van der Waals surface area contributed by atoms with Gasteiger partial charge in [0.15, 0.2) is 17.4 Å². The lowest BCUT2D eigenvalue weighted by atomic mass is 10.1. The SMILES string of the molecule is CNC(=O)C(NC(=O)c1ccc(C)o1)c1ccc(F)c(F)c1. The Morgan fingerprint density at radius 3 is 2.41 bits per heavy atom. The number of carbonyl (C=O) groups is 2. The molecule has 0 fully saturated rings. The summed E-state index contributed by atoms with van der Waals surface area (Å²) in [4.78, 5) is 24.0. The van der Waals surface area contributed by atoms with Gasteiger partial charge in [0.05, 0.1) is 0 Å². The van der Waals surface area contributed by atoms with Gasteiger partial charge in [-0.05, 0) is 36.8 Å². The number of benzene rings is 1. The van der Waals surface area contributed by atoms with Crippen LogP contribution in [0.4, 0.5) is 8.78 Å². The molecule has 0 saturated heterocycles. The molecular weight excluding hydrogens is 294 g/mol. The molecule has 116 valence electrons. The molecule has 7 heteroatoms. The number of hydrogen-bond donors (Lipinski definition) is 2. The topological polar surface area (TPSA) is 71.3 Å². The van der Waals surface area contributed by atoms with Crippen LogP contribution in [-0.2, 0) is 4.79 Å². The second kappa shape index (κ2) is 6.38. The van der Waals surface area contributed by atoms with Gasteiger partial charge in [-0.25, -0.2) is 8.78 Å². The summed E-state index contributed by atoms with van der Waals surface area (Å²) in [6, 6.07) is 4.87. The van der Waals surface area contributed by atoms with E-state index in [-0.39, 0.29) is 11.3 Å². The zero-order valence-electron chi connectivity index (χ0n) is 11.9. The average Bonchev–Trinajstić information content (AvgIpc) is 2.93. The van der Waals surface area contributed by atoms with E-state index in [0.29, 0.717) is 5.76 Å². The largest absolute Gasteiger partial charge is 0.456 e. The van der Waals surface area contributed by atoms with Crippen molar-refractivity contribution in [1.82, 2.24) is 10.6 Å². The van der Waals surface area contributed by atoms with Crippen LogP contribution in [-0.4, -0.2) is 18.9 Å². The minimum atomic E-state index is -1.17. The van der Waals surface area contributed by atoms with E-state index in [9.17, 15) is 18.4 Å². The lowest BCUT2D eigenvalue weighted by molar-refractivity contribution is -0.122. The molecule has 1 unspecified atom stereocenters. The number of nitrogens with one attached hydrogen (secondary N) is 2. The summed E-state index contributed by atoms with van der Waals surface area (Å²) in [5.74, 6) is -2.78. The van der Waals surface area contributed by atoms with E-state index in [2.05, 4.69) is 10.6 Å². The first-order valence-electron chi connectivity index (χ1n) is 6.46. The molecule has 1 aromatic heterocycles. The third-order valence-electron chi connectivity index (χ3n) is 3.03. The molecule has 1 heterocycles. The third kappa shape index (κ3) is 3.30. The summed E-state index contributed by atoms with van der Waals surface area (Å²) >= 11 is 0. The Hall–Kier alpha value is -2.70. The van der Waals surface area contributed by atoms with Crippen molar-refractivity contribution in [3.63, 3.8) is 0 Å². The Kier molecular flexibility index (Phi) is 4.55. The Balaban J connectivity index is 2.28. The van der Waals surface area contributed by atoms with E-state index in [1.54, 1.807) is 13.0 Å². The molecule has 0 aliphatic rings. The van der Waals surface area contributed by atoms with E-state index in [0.717, 1.165) is 12.1 Å². The molecule has 5 nitrogen and oxygen atoms in total. The lowest BCUT2D eigenvalue weighted by Gasteiger charge is -2.17. The first kappa shape index (κ1) is 15.7. The van der Waals surface area contributed by atoms with Crippen molar-refractivity contribution >= 4 is 11.8 Å². The quantitative estimate of drug-likeness (QED) is 0.908. The van der Waals surface area contributed by atoms with Crippen molar-refractivity contribution in [2.24, 2.45) is 0 Å². The standard InChI is InChI=1S/C15H14F2N2O3/c1-8-3-6-12(22-8)14(20)19-13(15(21)18-2)9-4-5-10(16)11(17)7-9/h3-7,13H,1-2H3,(H,18,21)(H,19,20). The molecule has 0 bridgehead atoms. The van der Waals surface area contributed by atoms with Crippen LogP contribution in [0.3, 0.4) is 0 Å². The summed E-state index contributed by atoms with van der Waals surface area (Å²) < 4.78 is 31.5. The maximum Gasteiger partial charge on any atom is 0.287 e. The van der Waals surface area contributed by atoms with E-state index >= 15 is 0 Å². The number of carbonyl (C=O) groups excluding carboxylic acids is 2. The van der Waals surface area contributed by atoms with E-state index < -0.39 is 29.5 Å². The van der Waals surface area contributed by atoms with Gasteiger partial charge >= 0.3 is 0 Å². The minimum Gasteiger partial charge on any atom is -0.456 e. The number of aryl methyl sites for hydroxylation is 1. The summed E-state index contributed by atoms with van der Waals surface area (Å²) in [7, 11) is 1.37. The number of halogens is 2. The molecule has 2 rings (SSSR count). The fourth-order valence-corrected chi connectivity index (χ4v) is 1.90. The normalized spacial score (nSPS) is 11.8. The van der Waals surface area contributed by atoms with Gasteiger partial charge in [0.25, 0.3) is 5.91 Å². The molecule has 2 N–H and O–H groups in total. The highest BCUT2D eigenvalue weighted by Gasteiger charge is 2.24. The van der Waals surface area contributed by atoms with Gasteiger partial charge in [-0.1, -0.05) is 6.07 Å². The van der Waals surface area contributed by atoms with Gasteiger partial charge in [-0.3, -0.25) is 9.59 Å². The number of likely N-dealkylation sites (N-methyl/N-ethyl adjacent to an activating group) is 1. The molecule has 0 spiro atoms. The highest BCUT2D eigenvalue weighted by Crippen LogP contribution is 2.18. The van der Waals surface area contributed by atoms with Gasteiger partial charge in [-0.2, -0.15) is 0 Å². The smallest absolute Gasteiger partial charge is 0.287 e. The second-order valence-corrected chi connectivity index (χ2v) is 4.60. The average molecular weight is 308 g/mol. The lowest BCUT2D eigenvalue weighted by Crippen LogP contribution is -2.39. The van der Waals surface area contributed by atoms with Crippen LogP contribution < -0.4 is 10.6 Å². The van der Waals surface area contributed by atoms with Crippen molar-refractivity contribution in [2.45, 2.75) is 13.0 Å². The number of hydrogen-bond acceptors (Lipinski definition) is 3. The summed E-state index contributed by atoms with van der Waals surface area (Å²) in [6.45, 7) is 1.67. The van der Waals surface area contributed by atoms with Crippen molar-refractivity contribution in [1.29, 1.82) is 0 Å². The van der Waals surface area contributed by atoms with Gasteiger partial charge in [0.2, 0.25) is 5.91 Å².